The second kappa shape index (κ2) is 14.8. The standard InChI is InChI=1S/C53H50N2/c1-3-52(4-2)49-28-16-15-26-47(49)48-27-19-29-50(51(48)52)55(44-24-13-7-14-25-44)46-36-32-41(33-37-46)53(38-17-8-18-39-53)40-30-34-45(35-31-40)54(42-20-9-5-10-21-42)43-22-11-6-12-23-43/h5-7,9-16,19-37H,3-4,8,17-18,38-39H2,1-2H3. The first-order chi connectivity index (χ1) is 27.2. The van der Waals surface area contributed by atoms with Crippen molar-refractivity contribution in [2.45, 2.75) is 69.6 Å². The van der Waals surface area contributed by atoms with Gasteiger partial charge < -0.3 is 9.80 Å². The first-order valence-electron chi connectivity index (χ1n) is 20.4. The van der Waals surface area contributed by atoms with Gasteiger partial charge in [0.2, 0.25) is 0 Å². The van der Waals surface area contributed by atoms with Crippen LogP contribution >= 0.6 is 0 Å². The fraction of sp³-hybridized carbons (Fsp3) is 0.208. The second-order valence-electron chi connectivity index (χ2n) is 15.4. The summed E-state index contributed by atoms with van der Waals surface area (Å²) in [4.78, 5) is 4.87. The van der Waals surface area contributed by atoms with Crippen LogP contribution in [0.15, 0.2) is 182 Å². The Morgan fingerprint density at radius 2 is 0.836 bits per heavy atom. The van der Waals surface area contributed by atoms with Gasteiger partial charge in [0, 0.05) is 39.3 Å². The van der Waals surface area contributed by atoms with Crippen molar-refractivity contribution in [1.82, 2.24) is 0 Å². The number of hydrogen-bond donors (Lipinski definition) is 0. The van der Waals surface area contributed by atoms with Crippen molar-refractivity contribution in [3.63, 3.8) is 0 Å². The van der Waals surface area contributed by atoms with Gasteiger partial charge in [-0.05, 0) is 126 Å². The summed E-state index contributed by atoms with van der Waals surface area (Å²) in [5.74, 6) is 0. The molecule has 2 aliphatic rings. The molecule has 1 saturated carbocycles. The van der Waals surface area contributed by atoms with Crippen LogP contribution in [0, 0.1) is 0 Å². The molecule has 0 amide bonds. The molecule has 9 rings (SSSR count). The molecule has 0 spiro atoms. The van der Waals surface area contributed by atoms with Crippen LogP contribution in [0.3, 0.4) is 0 Å². The molecule has 0 N–H and O–H groups in total. The number of nitrogens with zero attached hydrogens (tertiary/aromatic N) is 2. The van der Waals surface area contributed by atoms with Gasteiger partial charge in [-0.1, -0.05) is 148 Å². The highest BCUT2D eigenvalue weighted by molar-refractivity contribution is 5.91. The normalized spacial score (nSPS) is 15.2. The molecule has 7 aromatic carbocycles. The van der Waals surface area contributed by atoms with Gasteiger partial charge in [0.1, 0.15) is 0 Å². The predicted molar refractivity (Wildman–Crippen MR) is 233 cm³/mol. The number of anilines is 6. The SMILES string of the molecule is CCC1(CC)c2ccccc2-c2cccc(N(c3ccccc3)c3ccc(C4(c5ccc(N(c6ccccc6)c6ccccc6)cc5)CCCCC4)cc3)c21. The zero-order chi connectivity index (χ0) is 37.2. The van der Waals surface area contributed by atoms with Gasteiger partial charge >= 0.3 is 0 Å². The van der Waals surface area contributed by atoms with E-state index in [1.54, 1.807) is 0 Å². The molecule has 0 unspecified atom stereocenters. The third kappa shape index (κ3) is 5.96. The number of benzene rings is 7. The van der Waals surface area contributed by atoms with E-state index in [1.807, 2.05) is 0 Å². The molecular weight excluding hydrogens is 665 g/mol. The molecule has 0 saturated heterocycles. The van der Waals surface area contributed by atoms with Crippen molar-refractivity contribution in [2.75, 3.05) is 9.80 Å². The van der Waals surface area contributed by atoms with Crippen LogP contribution in [0.4, 0.5) is 34.1 Å². The Hall–Kier alpha value is -5.86. The van der Waals surface area contributed by atoms with Gasteiger partial charge in [-0.2, -0.15) is 0 Å². The van der Waals surface area contributed by atoms with Gasteiger partial charge in [0.15, 0.2) is 0 Å². The molecule has 0 aromatic heterocycles. The summed E-state index contributed by atoms with van der Waals surface area (Å²) in [5, 5.41) is 0. The Labute approximate surface area is 327 Å². The molecular formula is C53H50N2. The summed E-state index contributed by atoms with van der Waals surface area (Å²) in [7, 11) is 0. The summed E-state index contributed by atoms with van der Waals surface area (Å²) >= 11 is 0. The average Bonchev–Trinajstić information content (AvgIpc) is 3.56. The van der Waals surface area contributed by atoms with E-state index in [1.165, 1.54) is 75.4 Å². The molecule has 7 aromatic rings. The van der Waals surface area contributed by atoms with Crippen molar-refractivity contribution in [2.24, 2.45) is 0 Å². The minimum atomic E-state index is -0.0373. The van der Waals surface area contributed by atoms with E-state index >= 15 is 0 Å². The highest BCUT2D eigenvalue weighted by Gasteiger charge is 2.43. The fourth-order valence-corrected chi connectivity index (χ4v) is 10.1. The van der Waals surface area contributed by atoms with Crippen LogP contribution in [-0.2, 0) is 10.8 Å². The Bertz CT molecular complexity index is 2310. The van der Waals surface area contributed by atoms with Gasteiger partial charge in [-0.15, -0.1) is 0 Å². The summed E-state index contributed by atoms with van der Waals surface area (Å²) in [5.41, 5.74) is 15.6. The first kappa shape index (κ1) is 34.9. The van der Waals surface area contributed by atoms with Gasteiger partial charge in [0.05, 0.1) is 5.69 Å². The van der Waals surface area contributed by atoms with E-state index in [2.05, 4.69) is 206 Å². The van der Waals surface area contributed by atoms with Gasteiger partial charge in [-0.25, -0.2) is 0 Å². The van der Waals surface area contributed by atoms with Crippen LogP contribution in [0.2, 0.25) is 0 Å². The van der Waals surface area contributed by atoms with Crippen molar-refractivity contribution in [3.8, 4) is 11.1 Å². The van der Waals surface area contributed by atoms with Crippen molar-refractivity contribution in [1.29, 1.82) is 0 Å². The van der Waals surface area contributed by atoms with Gasteiger partial charge in [-0.3, -0.25) is 0 Å². The van der Waals surface area contributed by atoms with Gasteiger partial charge in [0.25, 0.3) is 0 Å². The van der Waals surface area contributed by atoms with Crippen LogP contribution < -0.4 is 9.80 Å². The Balaban J connectivity index is 1.12. The summed E-state index contributed by atoms with van der Waals surface area (Å²) in [6.45, 7) is 4.73. The lowest BCUT2D eigenvalue weighted by atomic mass is 9.65. The Morgan fingerprint density at radius 3 is 1.36 bits per heavy atom. The van der Waals surface area contributed by atoms with Crippen LogP contribution in [0.25, 0.3) is 11.1 Å². The summed E-state index contributed by atoms with van der Waals surface area (Å²) in [6.07, 6.45) is 8.22. The Kier molecular flexibility index (Phi) is 9.36. The average molecular weight is 715 g/mol. The second-order valence-corrected chi connectivity index (χ2v) is 15.4. The molecule has 2 aliphatic carbocycles. The highest BCUT2D eigenvalue weighted by atomic mass is 15.1. The lowest BCUT2D eigenvalue weighted by Gasteiger charge is -2.39. The number of para-hydroxylation sites is 3. The molecule has 272 valence electrons. The fourth-order valence-electron chi connectivity index (χ4n) is 10.1. The van der Waals surface area contributed by atoms with Crippen LogP contribution in [0.5, 0.6) is 0 Å². The number of rotatable bonds is 10. The monoisotopic (exact) mass is 714 g/mol. The molecule has 0 heterocycles. The topological polar surface area (TPSA) is 6.48 Å². The molecule has 2 heteroatoms. The summed E-state index contributed by atoms with van der Waals surface area (Å²) < 4.78 is 0. The van der Waals surface area contributed by atoms with E-state index in [0.29, 0.717) is 0 Å². The van der Waals surface area contributed by atoms with Crippen molar-refractivity contribution < 1.29 is 0 Å². The molecule has 0 atom stereocenters. The third-order valence-corrected chi connectivity index (χ3v) is 12.8. The van der Waals surface area contributed by atoms with Crippen LogP contribution in [0.1, 0.15) is 81.0 Å². The molecule has 0 radical (unpaired) electrons. The van der Waals surface area contributed by atoms with E-state index in [0.717, 1.165) is 37.1 Å². The third-order valence-electron chi connectivity index (χ3n) is 12.8. The van der Waals surface area contributed by atoms with Crippen molar-refractivity contribution >= 4 is 34.1 Å². The minimum Gasteiger partial charge on any atom is -0.311 e. The summed E-state index contributed by atoms with van der Waals surface area (Å²) in [6, 6.07) is 67.6. The minimum absolute atomic E-state index is 0.0214. The lowest BCUT2D eigenvalue weighted by Crippen LogP contribution is -2.30. The maximum atomic E-state index is 2.51. The molecule has 0 bridgehead atoms. The Morgan fingerprint density at radius 1 is 0.400 bits per heavy atom. The van der Waals surface area contributed by atoms with E-state index in [9.17, 15) is 0 Å². The van der Waals surface area contributed by atoms with Crippen molar-refractivity contribution in [3.05, 3.63) is 204 Å². The zero-order valence-corrected chi connectivity index (χ0v) is 32.2. The van der Waals surface area contributed by atoms with E-state index < -0.39 is 0 Å². The predicted octanol–water partition coefficient (Wildman–Crippen LogP) is 15.0. The maximum Gasteiger partial charge on any atom is 0.0508 e. The lowest BCUT2D eigenvalue weighted by molar-refractivity contribution is 0.346. The molecule has 2 nitrogen and oxygen atoms in total. The quantitative estimate of drug-likeness (QED) is 0.139. The highest BCUT2D eigenvalue weighted by Crippen LogP contribution is 2.57. The van der Waals surface area contributed by atoms with E-state index in [-0.39, 0.29) is 10.8 Å². The molecule has 55 heavy (non-hydrogen) atoms. The largest absolute Gasteiger partial charge is 0.311 e. The maximum absolute atomic E-state index is 2.51. The van der Waals surface area contributed by atoms with Crippen LogP contribution in [-0.4, -0.2) is 0 Å². The van der Waals surface area contributed by atoms with E-state index in [4.69, 9.17) is 0 Å². The molecule has 0 aliphatic heterocycles. The smallest absolute Gasteiger partial charge is 0.0508 e. The number of fused-ring (bicyclic) bond motifs is 3. The molecule has 1 fully saturated rings. The number of hydrogen-bond acceptors (Lipinski definition) is 2. The zero-order valence-electron chi connectivity index (χ0n) is 32.2. The first-order valence-corrected chi connectivity index (χ1v) is 20.4.